The lowest BCUT2D eigenvalue weighted by Gasteiger charge is -2.27. The lowest BCUT2D eigenvalue weighted by molar-refractivity contribution is 0.174. The maximum absolute atomic E-state index is 6.66. The fourth-order valence-corrected chi connectivity index (χ4v) is 3.65. The summed E-state index contributed by atoms with van der Waals surface area (Å²) in [6.07, 6.45) is 0. The van der Waals surface area contributed by atoms with Crippen LogP contribution in [0.1, 0.15) is 36.2 Å². The van der Waals surface area contributed by atoms with Crippen molar-refractivity contribution in [1.29, 1.82) is 0 Å². The average molecular weight is 398 g/mol. The predicted molar refractivity (Wildman–Crippen MR) is 110 cm³/mol. The molecule has 1 aliphatic rings. The molecular weight excluding hydrogens is 374 g/mol. The van der Waals surface area contributed by atoms with Crippen molar-refractivity contribution in [3.8, 4) is 11.5 Å². The van der Waals surface area contributed by atoms with Crippen LogP contribution in [-0.4, -0.2) is 16.6 Å². The molecule has 146 valence electrons. The van der Waals surface area contributed by atoms with Crippen LogP contribution in [0.3, 0.4) is 0 Å². The summed E-state index contributed by atoms with van der Waals surface area (Å²) in [7, 11) is 0. The van der Waals surface area contributed by atoms with Crippen LogP contribution < -0.4 is 14.8 Å². The Morgan fingerprint density at radius 2 is 1.86 bits per heavy atom. The Balaban J connectivity index is 1.50. The van der Waals surface area contributed by atoms with E-state index in [1.807, 2.05) is 41.9 Å². The molecule has 28 heavy (non-hydrogen) atoms. The molecule has 0 fully saturated rings. The molecule has 1 aliphatic heterocycles. The summed E-state index contributed by atoms with van der Waals surface area (Å²) in [5, 5.41) is 8.92. The lowest BCUT2D eigenvalue weighted by atomic mass is 9.93. The monoisotopic (exact) mass is 397 g/mol. The summed E-state index contributed by atoms with van der Waals surface area (Å²) < 4.78 is 12.8. The van der Waals surface area contributed by atoms with E-state index >= 15 is 0 Å². The standard InChI is InChI=1S/C22H24ClN3O2/c1-15-18(21(23)26(25-15)13-16-7-5-4-6-8-16)12-24-22(2,3)17-9-10-19-20(11-17)28-14-27-19/h4-11,24H,12-14H2,1-3H3. The normalized spacial score (nSPS) is 13.1. The van der Waals surface area contributed by atoms with Crippen LogP contribution in [0.15, 0.2) is 48.5 Å². The number of aryl methyl sites for hydroxylation is 1. The first-order valence-electron chi connectivity index (χ1n) is 9.35. The van der Waals surface area contributed by atoms with Crippen LogP contribution in [0.25, 0.3) is 0 Å². The molecule has 0 amide bonds. The number of benzene rings is 2. The van der Waals surface area contributed by atoms with Crippen molar-refractivity contribution in [2.24, 2.45) is 0 Å². The molecule has 0 spiro atoms. The quantitative estimate of drug-likeness (QED) is 0.657. The number of fused-ring (bicyclic) bond motifs is 1. The summed E-state index contributed by atoms with van der Waals surface area (Å²) in [5.74, 6) is 1.58. The number of nitrogens with zero attached hydrogens (tertiary/aromatic N) is 2. The molecule has 0 bridgehead atoms. The van der Waals surface area contributed by atoms with Gasteiger partial charge in [0.1, 0.15) is 5.15 Å². The van der Waals surface area contributed by atoms with Crippen molar-refractivity contribution in [2.75, 3.05) is 6.79 Å². The van der Waals surface area contributed by atoms with Crippen LogP contribution in [0.2, 0.25) is 5.15 Å². The molecule has 2 aromatic carbocycles. The predicted octanol–water partition coefficient (Wildman–Crippen LogP) is 4.65. The molecule has 0 unspecified atom stereocenters. The summed E-state index contributed by atoms with van der Waals surface area (Å²) >= 11 is 6.66. The molecule has 0 saturated heterocycles. The Bertz CT molecular complexity index is 983. The smallest absolute Gasteiger partial charge is 0.231 e. The van der Waals surface area contributed by atoms with Gasteiger partial charge in [-0.3, -0.25) is 0 Å². The van der Waals surface area contributed by atoms with Crippen molar-refractivity contribution >= 4 is 11.6 Å². The van der Waals surface area contributed by atoms with E-state index in [9.17, 15) is 0 Å². The minimum Gasteiger partial charge on any atom is -0.454 e. The molecule has 0 radical (unpaired) electrons. The van der Waals surface area contributed by atoms with Crippen molar-refractivity contribution in [1.82, 2.24) is 15.1 Å². The number of aromatic nitrogens is 2. The topological polar surface area (TPSA) is 48.3 Å². The van der Waals surface area contributed by atoms with Crippen LogP contribution in [0.4, 0.5) is 0 Å². The highest BCUT2D eigenvalue weighted by Gasteiger charge is 2.25. The molecule has 4 rings (SSSR count). The third kappa shape index (κ3) is 3.73. The molecule has 1 N–H and O–H groups in total. The zero-order valence-corrected chi connectivity index (χ0v) is 17.1. The Hall–Kier alpha value is -2.50. The summed E-state index contributed by atoms with van der Waals surface area (Å²) in [4.78, 5) is 0. The first-order valence-corrected chi connectivity index (χ1v) is 9.73. The van der Waals surface area contributed by atoms with Gasteiger partial charge in [-0.15, -0.1) is 0 Å². The number of rotatable bonds is 6. The number of halogens is 1. The number of nitrogens with one attached hydrogen (secondary N) is 1. The number of hydrogen-bond donors (Lipinski definition) is 1. The van der Waals surface area contributed by atoms with Gasteiger partial charge in [0, 0.05) is 17.6 Å². The highest BCUT2D eigenvalue weighted by molar-refractivity contribution is 6.30. The second-order valence-electron chi connectivity index (χ2n) is 7.54. The van der Waals surface area contributed by atoms with Gasteiger partial charge in [0.05, 0.1) is 12.2 Å². The molecular formula is C22H24ClN3O2. The van der Waals surface area contributed by atoms with Gasteiger partial charge in [-0.25, -0.2) is 4.68 Å². The van der Waals surface area contributed by atoms with Gasteiger partial charge in [0.2, 0.25) is 6.79 Å². The fourth-order valence-electron chi connectivity index (χ4n) is 3.35. The van der Waals surface area contributed by atoms with Gasteiger partial charge in [0.15, 0.2) is 11.5 Å². The van der Waals surface area contributed by atoms with Crippen molar-refractivity contribution in [3.63, 3.8) is 0 Å². The highest BCUT2D eigenvalue weighted by atomic mass is 35.5. The number of ether oxygens (including phenoxy) is 2. The zero-order valence-electron chi connectivity index (χ0n) is 16.3. The first kappa shape index (κ1) is 18.8. The van der Waals surface area contributed by atoms with Gasteiger partial charge in [-0.2, -0.15) is 5.10 Å². The van der Waals surface area contributed by atoms with Crippen LogP contribution >= 0.6 is 11.6 Å². The minimum atomic E-state index is -0.266. The van der Waals surface area contributed by atoms with E-state index < -0.39 is 0 Å². The maximum Gasteiger partial charge on any atom is 0.231 e. The molecule has 1 aromatic heterocycles. The fraction of sp³-hybridized carbons (Fsp3) is 0.318. The molecule has 0 saturated carbocycles. The average Bonchev–Trinajstić information content (AvgIpc) is 3.25. The second-order valence-corrected chi connectivity index (χ2v) is 7.90. The summed E-state index contributed by atoms with van der Waals surface area (Å²) in [6, 6.07) is 16.3. The van der Waals surface area contributed by atoms with Gasteiger partial charge in [-0.1, -0.05) is 48.0 Å². The third-order valence-corrected chi connectivity index (χ3v) is 5.58. The second kappa shape index (κ2) is 7.49. The van der Waals surface area contributed by atoms with Crippen molar-refractivity contribution in [3.05, 3.63) is 76.1 Å². The van der Waals surface area contributed by atoms with Crippen LogP contribution in [0, 0.1) is 6.92 Å². The van der Waals surface area contributed by atoms with Crippen molar-refractivity contribution < 1.29 is 9.47 Å². The van der Waals surface area contributed by atoms with Gasteiger partial charge >= 0.3 is 0 Å². The maximum atomic E-state index is 6.66. The molecule has 2 heterocycles. The lowest BCUT2D eigenvalue weighted by Crippen LogP contribution is -2.36. The molecule has 0 atom stereocenters. The van der Waals surface area contributed by atoms with E-state index in [0.717, 1.165) is 28.3 Å². The van der Waals surface area contributed by atoms with E-state index in [1.165, 1.54) is 5.56 Å². The highest BCUT2D eigenvalue weighted by Crippen LogP contribution is 2.36. The molecule has 6 heteroatoms. The van der Waals surface area contributed by atoms with Crippen molar-refractivity contribution in [2.45, 2.75) is 39.4 Å². The molecule has 5 nitrogen and oxygen atoms in total. The van der Waals surface area contributed by atoms with Crippen LogP contribution in [0.5, 0.6) is 11.5 Å². The van der Waals surface area contributed by atoms with E-state index in [2.05, 4.69) is 42.5 Å². The minimum absolute atomic E-state index is 0.266. The Morgan fingerprint density at radius 3 is 2.64 bits per heavy atom. The SMILES string of the molecule is Cc1nn(Cc2ccccc2)c(Cl)c1CNC(C)(C)c1ccc2c(c1)OCO2. The Morgan fingerprint density at radius 1 is 1.11 bits per heavy atom. The van der Waals surface area contributed by atoms with Gasteiger partial charge < -0.3 is 14.8 Å². The van der Waals surface area contributed by atoms with E-state index in [4.69, 9.17) is 21.1 Å². The Kier molecular flexibility index (Phi) is 5.04. The van der Waals surface area contributed by atoms with Gasteiger partial charge in [-0.05, 0) is 44.0 Å². The summed E-state index contributed by atoms with van der Waals surface area (Å²) in [5.41, 5.74) is 3.99. The first-order chi connectivity index (χ1) is 13.4. The molecule has 3 aromatic rings. The Labute approximate surface area is 170 Å². The van der Waals surface area contributed by atoms with Gasteiger partial charge in [0.25, 0.3) is 0 Å². The number of hydrogen-bond acceptors (Lipinski definition) is 4. The van der Waals surface area contributed by atoms with E-state index in [0.29, 0.717) is 18.2 Å². The largest absolute Gasteiger partial charge is 0.454 e. The van der Waals surface area contributed by atoms with E-state index in [-0.39, 0.29) is 12.3 Å². The van der Waals surface area contributed by atoms with Crippen LogP contribution in [-0.2, 0) is 18.6 Å². The summed E-state index contributed by atoms with van der Waals surface area (Å²) in [6.45, 7) is 7.84. The zero-order chi connectivity index (χ0) is 19.7. The molecule has 0 aliphatic carbocycles. The van der Waals surface area contributed by atoms with E-state index in [1.54, 1.807) is 0 Å². The third-order valence-electron chi connectivity index (χ3n) is 5.16.